The number of hydrogen-bond donors (Lipinski definition) is 3. The smallest absolute Gasteiger partial charge is 0.241 e. The number of fused-ring (bicyclic) bond motifs is 1. The van der Waals surface area contributed by atoms with Crippen LogP contribution in [-0.4, -0.2) is 33.3 Å². The van der Waals surface area contributed by atoms with Crippen LogP contribution in [0.1, 0.15) is 38.5 Å². The highest BCUT2D eigenvalue weighted by molar-refractivity contribution is 5.87. The third kappa shape index (κ3) is 2.40. The average molecular weight is 275 g/mol. The fourth-order valence-corrected chi connectivity index (χ4v) is 2.97. The number of H-pyrrole nitrogens is 1. The number of nitrogens with two attached hydrogens (primary N) is 1. The van der Waals surface area contributed by atoms with Crippen molar-refractivity contribution in [2.75, 3.05) is 17.4 Å². The molecule has 0 radical (unpaired) electrons. The van der Waals surface area contributed by atoms with Crippen LogP contribution in [0.3, 0.4) is 0 Å². The fraction of sp³-hybridized carbons (Fsp3) is 0.615. The SMILES string of the molecule is CN(c1nc(NN)nc2[nH]ncc12)C1CCCCCC1. The van der Waals surface area contributed by atoms with E-state index in [1.165, 1.54) is 38.5 Å². The largest absolute Gasteiger partial charge is 0.356 e. The molecular formula is C13H21N7. The number of rotatable bonds is 3. The Morgan fingerprint density at radius 1 is 1.25 bits per heavy atom. The third-order valence-corrected chi connectivity index (χ3v) is 4.13. The van der Waals surface area contributed by atoms with Crippen molar-refractivity contribution in [3.8, 4) is 0 Å². The first-order chi connectivity index (χ1) is 9.79. The summed E-state index contributed by atoms with van der Waals surface area (Å²) in [5.74, 6) is 6.76. The van der Waals surface area contributed by atoms with Crippen LogP contribution in [0.4, 0.5) is 11.8 Å². The summed E-state index contributed by atoms with van der Waals surface area (Å²) in [5.41, 5.74) is 3.23. The van der Waals surface area contributed by atoms with E-state index in [2.05, 4.69) is 37.5 Å². The molecule has 2 heterocycles. The second-order valence-corrected chi connectivity index (χ2v) is 5.40. The van der Waals surface area contributed by atoms with Gasteiger partial charge in [-0.1, -0.05) is 25.7 Å². The number of hydrogen-bond acceptors (Lipinski definition) is 6. The molecule has 0 amide bonds. The molecule has 1 saturated carbocycles. The lowest BCUT2D eigenvalue weighted by atomic mass is 10.1. The van der Waals surface area contributed by atoms with Crippen LogP contribution in [0, 0.1) is 0 Å². The van der Waals surface area contributed by atoms with Gasteiger partial charge >= 0.3 is 0 Å². The standard InChI is InChI=1S/C13H21N7/c1-20(9-6-4-2-3-5-7-9)12-10-8-15-19-11(10)16-13(17-12)18-14/h8-9H,2-7,14H2,1H3,(H2,15,16,17,18,19). The Kier molecular flexibility index (Phi) is 3.68. The Hall–Kier alpha value is -1.89. The molecule has 2 aromatic heterocycles. The van der Waals surface area contributed by atoms with Crippen molar-refractivity contribution in [2.45, 2.75) is 44.6 Å². The van der Waals surface area contributed by atoms with Crippen LogP contribution >= 0.6 is 0 Å². The van der Waals surface area contributed by atoms with Crippen molar-refractivity contribution in [3.63, 3.8) is 0 Å². The maximum absolute atomic E-state index is 5.45. The molecule has 108 valence electrons. The van der Waals surface area contributed by atoms with Gasteiger partial charge in [0, 0.05) is 13.1 Å². The van der Waals surface area contributed by atoms with Gasteiger partial charge in [0.2, 0.25) is 5.95 Å². The maximum atomic E-state index is 5.45. The molecule has 0 aromatic carbocycles. The zero-order valence-electron chi connectivity index (χ0n) is 11.8. The number of hydrazine groups is 1. The quantitative estimate of drug-likeness (QED) is 0.449. The maximum Gasteiger partial charge on any atom is 0.241 e. The van der Waals surface area contributed by atoms with Gasteiger partial charge in [0.1, 0.15) is 5.82 Å². The second kappa shape index (κ2) is 5.62. The summed E-state index contributed by atoms with van der Waals surface area (Å²) in [6.45, 7) is 0. The lowest BCUT2D eigenvalue weighted by Gasteiger charge is -2.28. The molecule has 2 aromatic rings. The number of anilines is 2. The van der Waals surface area contributed by atoms with E-state index in [1.54, 1.807) is 6.20 Å². The van der Waals surface area contributed by atoms with Gasteiger partial charge < -0.3 is 4.90 Å². The van der Waals surface area contributed by atoms with Crippen LogP contribution in [0.5, 0.6) is 0 Å². The first-order valence-corrected chi connectivity index (χ1v) is 7.20. The highest BCUT2D eigenvalue weighted by Gasteiger charge is 2.21. The molecule has 0 saturated heterocycles. The number of nitrogens with zero attached hydrogens (tertiary/aromatic N) is 4. The van der Waals surface area contributed by atoms with E-state index < -0.39 is 0 Å². The van der Waals surface area contributed by atoms with Crippen LogP contribution in [0.2, 0.25) is 0 Å². The first kappa shape index (κ1) is 13.1. The molecule has 0 spiro atoms. The first-order valence-electron chi connectivity index (χ1n) is 7.20. The van der Waals surface area contributed by atoms with Crippen LogP contribution < -0.4 is 16.2 Å². The molecule has 0 unspecified atom stereocenters. The summed E-state index contributed by atoms with van der Waals surface area (Å²) >= 11 is 0. The Morgan fingerprint density at radius 3 is 2.70 bits per heavy atom. The molecule has 1 aliphatic rings. The molecule has 3 rings (SSSR count). The molecule has 0 atom stereocenters. The van der Waals surface area contributed by atoms with Gasteiger partial charge in [-0.2, -0.15) is 15.1 Å². The molecule has 0 aliphatic heterocycles. The van der Waals surface area contributed by atoms with E-state index in [4.69, 9.17) is 5.84 Å². The van der Waals surface area contributed by atoms with Crippen molar-refractivity contribution in [1.82, 2.24) is 20.2 Å². The lowest BCUT2D eigenvalue weighted by molar-refractivity contribution is 0.550. The molecular weight excluding hydrogens is 254 g/mol. The monoisotopic (exact) mass is 275 g/mol. The number of nitrogens with one attached hydrogen (secondary N) is 2. The van der Waals surface area contributed by atoms with E-state index in [-0.39, 0.29) is 0 Å². The molecule has 0 bridgehead atoms. The summed E-state index contributed by atoms with van der Waals surface area (Å²) in [6.07, 6.45) is 9.46. The number of aromatic amines is 1. The van der Waals surface area contributed by atoms with Gasteiger partial charge in [-0.15, -0.1) is 0 Å². The van der Waals surface area contributed by atoms with Crippen molar-refractivity contribution < 1.29 is 0 Å². The van der Waals surface area contributed by atoms with Crippen molar-refractivity contribution in [1.29, 1.82) is 0 Å². The fourth-order valence-electron chi connectivity index (χ4n) is 2.97. The topological polar surface area (TPSA) is 95.8 Å². The average Bonchev–Trinajstić information content (AvgIpc) is 2.78. The lowest BCUT2D eigenvalue weighted by Crippen LogP contribution is -2.32. The molecule has 7 heteroatoms. The predicted molar refractivity (Wildman–Crippen MR) is 79.4 cm³/mol. The Bertz CT molecular complexity index is 571. The van der Waals surface area contributed by atoms with Gasteiger partial charge in [0.15, 0.2) is 5.65 Å². The van der Waals surface area contributed by atoms with Crippen LogP contribution in [0.15, 0.2) is 6.20 Å². The zero-order valence-corrected chi connectivity index (χ0v) is 11.8. The van der Waals surface area contributed by atoms with Crippen molar-refractivity contribution in [3.05, 3.63) is 6.20 Å². The van der Waals surface area contributed by atoms with Crippen LogP contribution in [0.25, 0.3) is 11.0 Å². The third-order valence-electron chi connectivity index (χ3n) is 4.13. The normalized spacial score (nSPS) is 17.1. The molecule has 20 heavy (non-hydrogen) atoms. The van der Waals surface area contributed by atoms with Gasteiger partial charge in [0.25, 0.3) is 0 Å². The number of nitrogen functional groups attached to an aromatic ring is 1. The van der Waals surface area contributed by atoms with E-state index in [1.807, 2.05) is 0 Å². The van der Waals surface area contributed by atoms with Crippen molar-refractivity contribution >= 4 is 22.8 Å². The Labute approximate surface area is 117 Å². The second-order valence-electron chi connectivity index (χ2n) is 5.40. The van der Waals surface area contributed by atoms with E-state index in [0.29, 0.717) is 17.6 Å². The van der Waals surface area contributed by atoms with Gasteiger partial charge in [-0.3, -0.25) is 10.5 Å². The molecule has 4 N–H and O–H groups in total. The highest BCUT2D eigenvalue weighted by Crippen LogP contribution is 2.29. The summed E-state index contributed by atoms with van der Waals surface area (Å²) in [5, 5.41) is 7.88. The molecule has 1 fully saturated rings. The molecule has 7 nitrogen and oxygen atoms in total. The zero-order chi connectivity index (χ0) is 13.9. The Morgan fingerprint density at radius 2 is 2.00 bits per heavy atom. The summed E-state index contributed by atoms with van der Waals surface area (Å²) in [4.78, 5) is 11.0. The minimum absolute atomic E-state index is 0.414. The van der Waals surface area contributed by atoms with E-state index >= 15 is 0 Å². The van der Waals surface area contributed by atoms with Crippen molar-refractivity contribution in [2.24, 2.45) is 5.84 Å². The Balaban J connectivity index is 1.96. The minimum atomic E-state index is 0.414. The predicted octanol–water partition coefficient (Wildman–Crippen LogP) is 1.80. The number of aromatic nitrogens is 4. The van der Waals surface area contributed by atoms with E-state index in [0.717, 1.165) is 11.2 Å². The van der Waals surface area contributed by atoms with E-state index in [9.17, 15) is 0 Å². The molecule has 1 aliphatic carbocycles. The highest BCUT2D eigenvalue weighted by atomic mass is 15.3. The minimum Gasteiger partial charge on any atom is -0.356 e. The summed E-state index contributed by atoms with van der Waals surface area (Å²) < 4.78 is 0. The van der Waals surface area contributed by atoms with Gasteiger partial charge in [-0.05, 0) is 12.8 Å². The van der Waals surface area contributed by atoms with Crippen LogP contribution in [-0.2, 0) is 0 Å². The summed E-state index contributed by atoms with van der Waals surface area (Å²) in [6, 6.07) is 0.524. The van der Waals surface area contributed by atoms with Gasteiger partial charge in [0.05, 0.1) is 11.6 Å². The summed E-state index contributed by atoms with van der Waals surface area (Å²) in [7, 11) is 2.10. The van der Waals surface area contributed by atoms with Gasteiger partial charge in [-0.25, -0.2) is 5.84 Å².